The summed E-state index contributed by atoms with van der Waals surface area (Å²) in [5, 5.41) is 2.79. The molecule has 1 aliphatic rings. The molecule has 1 N–H and O–H groups in total. The number of nitrogens with zero attached hydrogens (tertiary/aromatic N) is 1. The molecule has 0 radical (unpaired) electrons. The predicted molar refractivity (Wildman–Crippen MR) is 114 cm³/mol. The van der Waals surface area contributed by atoms with Crippen molar-refractivity contribution in [1.82, 2.24) is 0 Å². The van der Waals surface area contributed by atoms with Crippen LogP contribution in [-0.2, 0) is 9.59 Å². The van der Waals surface area contributed by atoms with Crippen LogP contribution in [-0.4, -0.2) is 36.9 Å². The molecule has 1 heterocycles. The molecule has 1 aliphatic heterocycles. The van der Waals surface area contributed by atoms with Gasteiger partial charge in [-0.15, -0.1) is 0 Å². The van der Waals surface area contributed by atoms with Crippen molar-refractivity contribution in [2.75, 3.05) is 23.4 Å². The summed E-state index contributed by atoms with van der Waals surface area (Å²) in [4.78, 5) is 39.0. The van der Waals surface area contributed by atoms with Gasteiger partial charge in [-0.05, 0) is 62.7 Å². The predicted octanol–water partition coefficient (Wildman–Crippen LogP) is 3.82. The van der Waals surface area contributed by atoms with E-state index in [2.05, 4.69) is 5.32 Å². The molecule has 0 spiro atoms. The summed E-state index contributed by atoms with van der Waals surface area (Å²) in [5.41, 5.74) is 1.53. The van der Waals surface area contributed by atoms with Gasteiger partial charge in [0, 0.05) is 17.7 Å². The van der Waals surface area contributed by atoms with Crippen molar-refractivity contribution < 1.29 is 23.9 Å². The number of anilines is 2. The SMILES string of the molecule is CCCC(=O)c1ccc2c(c1)N(CC(=O)Nc1ccc(OCC)cc1)C(=O)C(C)O2. The molecule has 0 aromatic heterocycles. The Morgan fingerprint density at radius 3 is 2.53 bits per heavy atom. The zero-order valence-electron chi connectivity index (χ0n) is 17.4. The Kier molecular flexibility index (Phi) is 6.72. The Balaban J connectivity index is 1.79. The fourth-order valence-electron chi connectivity index (χ4n) is 3.26. The number of benzene rings is 2. The summed E-state index contributed by atoms with van der Waals surface area (Å²) < 4.78 is 11.0. The van der Waals surface area contributed by atoms with Gasteiger partial charge in [-0.3, -0.25) is 19.3 Å². The van der Waals surface area contributed by atoms with Crippen LogP contribution < -0.4 is 19.7 Å². The van der Waals surface area contributed by atoms with Gasteiger partial charge in [0.2, 0.25) is 5.91 Å². The van der Waals surface area contributed by atoms with E-state index in [1.54, 1.807) is 49.4 Å². The lowest BCUT2D eigenvalue weighted by Gasteiger charge is -2.32. The highest BCUT2D eigenvalue weighted by Gasteiger charge is 2.33. The molecule has 0 aliphatic carbocycles. The van der Waals surface area contributed by atoms with E-state index in [0.29, 0.717) is 41.5 Å². The van der Waals surface area contributed by atoms with Crippen LogP contribution in [0.5, 0.6) is 11.5 Å². The van der Waals surface area contributed by atoms with Crippen LogP contribution in [0, 0.1) is 0 Å². The van der Waals surface area contributed by atoms with Crippen LogP contribution >= 0.6 is 0 Å². The summed E-state index contributed by atoms with van der Waals surface area (Å²) in [5.74, 6) is 0.502. The van der Waals surface area contributed by atoms with Gasteiger partial charge in [-0.25, -0.2) is 0 Å². The van der Waals surface area contributed by atoms with E-state index >= 15 is 0 Å². The average Bonchev–Trinajstić information content (AvgIpc) is 2.73. The van der Waals surface area contributed by atoms with E-state index in [1.807, 2.05) is 13.8 Å². The zero-order valence-corrected chi connectivity index (χ0v) is 17.4. The van der Waals surface area contributed by atoms with Crippen molar-refractivity contribution in [1.29, 1.82) is 0 Å². The minimum Gasteiger partial charge on any atom is -0.494 e. The highest BCUT2D eigenvalue weighted by molar-refractivity contribution is 6.07. The second-order valence-electron chi connectivity index (χ2n) is 7.05. The van der Waals surface area contributed by atoms with Crippen LogP contribution in [0.3, 0.4) is 0 Å². The molecule has 30 heavy (non-hydrogen) atoms. The molecule has 7 nitrogen and oxygen atoms in total. The first-order valence-corrected chi connectivity index (χ1v) is 10.1. The molecular formula is C23H26N2O5. The molecule has 2 aromatic carbocycles. The number of nitrogens with one attached hydrogen (secondary N) is 1. The Bertz CT molecular complexity index is 939. The maximum atomic E-state index is 12.7. The second-order valence-corrected chi connectivity index (χ2v) is 7.05. The third-order valence-electron chi connectivity index (χ3n) is 4.72. The molecule has 0 bridgehead atoms. The normalized spacial score (nSPS) is 15.2. The summed E-state index contributed by atoms with van der Waals surface area (Å²) in [6.07, 6.45) is 0.437. The van der Waals surface area contributed by atoms with E-state index in [1.165, 1.54) is 4.90 Å². The van der Waals surface area contributed by atoms with Crippen molar-refractivity contribution >= 4 is 29.0 Å². The number of ether oxygens (including phenoxy) is 2. The molecular weight excluding hydrogens is 384 g/mol. The van der Waals surface area contributed by atoms with Gasteiger partial charge in [-0.2, -0.15) is 0 Å². The van der Waals surface area contributed by atoms with Gasteiger partial charge in [-0.1, -0.05) is 6.92 Å². The lowest BCUT2D eigenvalue weighted by Crippen LogP contribution is -2.47. The maximum Gasteiger partial charge on any atom is 0.268 e. The molecule has 158 valence electrons. The fraction of sp³-hybridized carbons (Fsp3) is 0.348. The molecule has 3 rings (SSSR count). The molecule has 1 unspecified atom stereocenters. The van der Waals surface area contributed by atoms with Crippen LogP contribution in [0.15, 0.2) is 42.5 Å². The van der Waals surface area contributed by atoms with Gasteiger partial charge in [0.25, 0.3) is 5.91 Å². The minimum absolute atomic E-state index is 0.00911. The van der Waals surface area contributed by atoms with Crippen molar-refractivity contribution in [3.8, 4) is 11.5 Å². The number of carbonyl (C=O) groups excluding carboxylic acids is 3. The largest absolute Gasteiger partial charge is 0.494 e. The number of fused-ring (bicyclic) bond motifs is 1. The molecule has 2 aromatic rings. The number of rotatable bonds is 8. The van der Waals surface area contributed by atoms with E-state index < -0.39 is 6.10 Å². The van der Waals surface area contributed by atoms with Gasteiger partial charge in [0.15, 0.2) is 11.9 Å². The number of hydrogen-bond donors (Lipinski definition) is 1. The lowest BCUT2D eigenvalue weighted by atomic mass is 10.0. The van der Waals surface area contributed by atoms with Gasteiger partial charge in [0.05, 0.1) is 12.3 Å². The number of hydrogen-bond acceptors (Lipinski definition) is 5. The molecule has 7 heteroatoms. The zero-order chi connectivity index (χ0) is 21.7. The molecule has 0 saturated heterocycles. The van der Waals surface area contributed by atoms with Crippen molar-refractivity contribution in [3.63, 3.8) is 0 Å². The maximum absolute atomic E-state index is 12.7. The van der Waals surface area contributed by atoms with Gasteiger partial charge < -0.3 is 14.8 Å². The van der Waals surface area contributed by atoms with Crippen LogP contribution in [0.1, 0.15) is 44.0 Å². The Morgan fingerprint density at radius 1 is 1.13 bits per heavy atom. The topological polar surface area (TPSA) is 84.9 Å². The third-order valence-corrected chi connectivity index (χ3v) is 4.72. The smallest absolute Gasteiger partial charge is 0.268 e. The monoisotopic (exact) mass is 410 g/mol. The number of ketones is 1. The van der Waals surface area contributed by atoms with Crippen LogP contribution in [0.2, 0.25) is 0 Å². The summed E-state index contributed by atoms with van der Waals surface area (Å²) in [6, 6.07) is 12.0. The first kappa shape index (κ1) is 21.4. The quantitative estimate of drug-likeness (QED) is 0.669. The summed E-state index contributed by atoms with van der Waals surface area (Å²) in [7, 11) is 0. The molecule has 1 atom stereocenters. The fourth-order valence-corrected chi connectivity index (χ4v) is 3.26. The van der Waals surface area contributed by atoms with E-state index in [4.69, 9.17) is 9.47 Å². The lowest BCUT2D eigenvalue weighted by molar-refractivity contribution is -0.127. The van der Waals surface area contributed by atoms with Gasteiger partial charge in [0.1, 0.15) is 18.0 Å². The van der Waals surface area contributed by atoms with Crippen molar-refractivity contribution in [3.05, 3.63) is 48.0 Å². The Morgan fingerprint density at radius 2 is 1.87 bits per heavy atom. The summed E-state index contributed by atoms with van der Waals surface area (Å²) in [6.45, 7) is 5.85. The van der Waals surface area contributed by atoms with Crippen molar-refractivity contribution in [2.24, 2.45) is 0 Å². The minimum atomic E-state index is -0.715. The van der Waals surface area contributed by atoms with E-state index in [0.717, 1.165) is 6.42 Å². The number of Topliss-reactive ketones (excluding diaryl/α,β-unsaturated/α-hetero) is 1. The first-order valence-electron chi connectivity index (χ1n) is 10.1. The second kappa shape index (κ2) is 9.43. The van der Waals surface area contributed by atoms with Gasteiger partial charge >= 0.3 is 0 Å². The van der Waals surface area contributed by atoms with E-state index in [9.17, 15) is 14.4 Å². The Labute approximate surface area is 176 Å². The number of carbonyl (C=O) groups is 3. The van der Waals surface area contributed by atoms with Crippen LogP contribution in [0.25, 0.3) is 0 Å². The number of amides is 2. The highest BCUT2D eigenvalue weighted by atomic mass is 16.5. The standard InChI is InChI=1S/C23H26N2O5/c1-4-6-20(26)16-7-12-21-19(13-16)25(23(28)15(3)30-21)14-22(27)24-17-8-10-18(11-9-17)29-5-2/h7-13,15H,4-6,14H2,1-3H3,(H,24,27). The van der Waals surface area contributed by atoms with E-state index in [-0.39, 0.29) is 24.1 Å². The third kappa shape index (κ3) is 4.79. The van der Waals surface area contributed by atoms with Crippen LogP contribution in [0.4, 0.5) is 11.4 Å². The Hall–Kier alpha value is -3.35. The molecule has 2 amide bonds. The average molecular weight is 410 g/mol. The van der Waals surface area contributed by atoms with Crippen molar-refractivity contribution in [2.45, 2.75) is 39.7 Å². The first-order chi connectivity index (χ1) is 14.4. The highest BCUT2D eigenvalue weighted by Crippen LogP contribution is 2.35. The molecule has 0 fully saturated rings. The summed E-state index contributed by atoms with van der Waals surface area (Å²) >= 11 is 0. The molecule has 0 saturated carbocycles.